The lowest BCUT2D eigenvalue weighted by Crippen LogP contribution is -2.20. The van der Waals surface area contributed by atoms with Gasteiger partial charge in [-0.05, 0) is 25.6 Å². The van der Waals surface area contributed by atoms with Gasteiger partial charge in [-0.2, -0.15) is 13.2 Å². The molecule has 0 bridgehead atoms. The standard InChI is InChI=1S/C12H21N.CHF3.HNS/c1-3-4-5-6-9-13-10-7-12(2)8-11-13;2-1(3)4;1-2/h7-8,10H,3-6,9,11H2,1-2H3;1H;1H. The van der Waals surface area contributed by atoms with Gasteiger partial charge in [0.2, 0.25) is 0 Å². The second-order valence-electron chi connectivity index (χ2n) is 4.07. The molecule has 1 aliphatic rings. The number of nitrogens with zero attached hydrogens (tertiary/aromatic N) is 1. The third-order valence-electron chi connectivity index (χ3n) is 2.49. The molecule has 1 aliphatic heterocycles. The van der Waals surface area contributed by atoms with E-state index in [4.69, 9.17) is 4.78 Å². The average Bonchev–Trinajstić information content (AvgIpc) is 2.39. The zero-order valence-electron chi connectivity index (χ0n) is 11.5. The molecule has 0 fully saturated rings. The minimum absolute atomic E-state index is 1.11. The number of rotatable bonds is 5. The molecule has 112 valence electrons. The van der Waals surface area contributed by atoms with Crippen molar-refractivity contribution in [3.8, 4) is 0 Å². The highest BCUT2D eigenvalue weighted by molar-refractivity contribution is 7.45. The van der Waals surface area contributed by atoms with Crippen molar-refractivity contribution in [2.24, 2.45) is 0 Å². The Labute approximate surface area is 119 Å². The summed E-state index contributed by atoms with van der Waals surface area (Å²) in [5.74, 6) is 0. The van der Waals surface area contributed by atoms with Crippen LogP contribution in [-0.2, 0) is 12.4 Å². The highest BCUT2D eigenvalue weighted by Crippen LogP contribution is 2.08. The van der Waals surface area contributed by atoms with Crippen LogP contribution < -0.4 is 0 Å². The van der Waals surface area contributed by atoms with Crippen LogP contribution in [0.1, 0.15) is 39.5 Å². The molecule has 0 unspecified atom stereocenters. The van der Waals surface area contributed by atoms with Crippen LogP contribution in [0.5, 0.6) is 0 Å². The first-order valence-corrected chi connectivity index (χ1v) is 6.68. The lowest BCUT2D eigenvalue weighted by atomic mass is 10.2. The molecule has 19 heavy (non-hydrogen) atoms. The van der Waals surface area contributed by atoms with Crippen molar-refractivity contribution in [3.05, 3.63) is 23.9 Å². The molecule has 1 heterocycles. The molecule has 2 nitrogen and oxygen atoms in total. The third-order valence-corrected chi connectivity index (χ3v) is 2.49. The number of hydrogen-bond acceptors (Lipinski definition) is 3. The van der Waals surface area contributed by atoms with Gasteiger partial charge in [-0.15, -0.1) is 0 Å². The largest absolute Gasteiger partial charge is 0.379 e. The van der Waals surface area contributed by atoms with E-state index in [-0.39, 0.29) is 0 Å². The topological polar surface area (TPSA) is 27.1 Å². The average molecular weight is 296 g/mol. The van der Waals surface area contributed by atoms with Gasteiger partial charge < -0.3 is 4.90 Å². The minimum atomic E-state index is -3.67. The van der Waals surface area contributed by atoms with E-state index in [1.54, 1.807) is 0 Å². The fourth-order valence-corrected chi connectivity index (χ4v) is 1.52. The zero-order valence-corrected chi connectivity index (χ0v) is 12.4. The maximum Gasteiger partial charge on any atom is 0.379 e. The van der Waals surface area contributed by atoms with Crippen molar-refractivity contribution in [1.82, 2.24) is 4.90 Å². The van der Waals surface area contributed by atoms with Gasteiger partial charge in [-0.25, -0.2) is 4.78 Å². The Morgan fingerprint density at radius 2 is 1.84 bits per heavy atom. The van der Waals surface area contributed by atoms with E-state index in [1.807, 2.05) is 0 Å². The van der Waals surface area contributed by atoms with Crippen LogP contribution in [0.4, 0.5) is 13.2 Å². The van der Waals surface area contributed by atoms with Gasteiger partial charge >= 0.3 is 6.68 Å². The van der Waals surface area contributed by atoms with Crippen molar-refractivity contribution < 1.29 is 13.2 Å². The van der Waals surface area contributed by atoms with Gasteiger partial charge in [-0.1, -0.05) is 37.8 Å². The zero-order chi connectivity index (χ0) is 15.1. The molecule has 0 aromatic heterocycles. The number of hydrogen-bond donors (Lipinski definition) is 1. The normalized spacial score (nSPS) is 13.2. The van der Waals surface area contributed by atoms with E-state index in [9.17, 15) is 13.2 Å². The van der Waals surface area contributed by atoms with Gasteiger partial charge in [0.05, 0.1) is 0 Å². The van der Waals surface area contributed by atoms with Gasteiger partial charge in [-0.3, -0.25) is 0 Å². The van der Waals surface area contributed by atoms with Gasteiger partial charge in [0, 0.05) is 25.5 Å². The molecular formula is C13H23F3N2S. The Kier molecular flexibility index (Phi) is 16.3. The van der Waals surface area contributed by atoms with Crippen molar-refractivity contribution >= 4 is 12.4 Å². The van der Waals surface area contributed by atoms with E-state index in [0.29, 0.717) is 0 Å². The Bertz CT molecular complexity index is 256. The third kappa shape index (κ3) is 17.1. The molecule has 0 saturated heterocycles. The first kappa shape index (κ1) is 20.4. The second kappa shape index (κ2) is 15.1. The van der Waals surface area contributed by atoms with Gasteiger partial charge in [0.15, 0.2) is 0 Å². The smallest absolute Gasteiger partial charge is 0.374 e. The maximum absolute atomic E-state index is 9.67. The van der Waals surface area contributed by atoms with Crippen molar-refractivity contribution in [2.75, 3.05) is 13.1 Å². The fourth-order valence-electron chi connectivity index (χ4n) is 1.52. The first-order valence-electron chi connectivity index (χ1n) is 6.28. The van der Waals surface area contributed by atoms with Gasteiger partial charge in [0.25, 0.3) is 0 Å². The predicted molar refractivity (Wildman–Crippen MR) is 75.8 cm³/mol. The van der Waals surface area contributed by atoms with Crippen LogP contribution in [0.3, 0.4) is 0 Å². The fraction of sp³-hybridized carbons (Fsp3) is 0.692. The molecule has 6 heteroatoms. The minimum Gasteiger partial charge on any atom is -0.374 e. The lowest BCUT2D eigenvalue weighted by molar-refractivity contribution is 0.00819. The molecule has 0 atom stereocenters. The van der Waals surface area contributed by atoms with Crippen LogP contribution in [0.15, 0.2) is 23.9 Å². The first-order chi connectivity index (χ1) is 9.06. The van der Waals surface area contributed by atoms with E-state index in [2.05, 4.69) is 49.5 Å². The summed E-state index contributed by atoms with van der Waals surface area (Å²) in [7, 11) is 0. The highest BCUT2D eigenvalue weighted by Gasteiger charge is 2.00. The summed E-state index contributed by atoms with van der Waals surface area (Å²) in [5.41, 5.74) is 1.39. The van der Waals surface area contributed by atoms with Crippen LogP contribution in [0.2, 0.25) is 0 Å². The second-order valence-corrected chi connectivity index (χ2v) is 4.07. The van der Waals surface area contributed by atoms with E-state index < -0.39 is 6.68 Å². The number of allylic oxidation sites excluding steroid dienone is 2. The Morgan fingerprint density at radius 1 is 1.26 bits per heavy atom. The predicted octanol–water partition coefficient (Wildman–Crippen LogP) is 4.82. The van der Waals surface area contributed by atoms with Crippen LogP contribution in [-0.4, -0.2) is 24.7 Å². The Hall–Kier alpha value is -0.910. The lowest BCUT2D eigenvalue weighted by Gasteiger charge is -2.21. The van der Waals surface area contributed by atoms with Crippen molar-refractivity contribution in [2.45, 2.75) is 46.2 Å². The van der Waals surface area contributed by atoms with Crippen molar-refractivity contribution in [1.29, 1.82) is 4.78 Å². The molecule has 0 aromatic carbocycles. The summed E-state index contributed by atoms with van der Waals surface area (Å²) < 4.78 is 34.3. The summed E-state index contributed by atoms with van der Waals surface area (Å²) in [6.45, 7) is 3.08. The molecule has 0 spiro atoms. The van der Waals surface area contributed by atoms with Crippen LogP contribution >= 0.6 is 0 Å². The van der Waals surface area contributed by atoms with Gasteiger partial charge in [0.1, 0.15) is 0 Å². The number of halogens is 3. The molecule has 0 radical (unpaired) electrons. The summed E-state index contributed by atoms with van der Waals surface area (Å²) >= 11 is 3.33. The quantitative estimate of drug-likeness (QED) is 0.737. The van der Waals surface area contributed by atoms with E-state index >= 15 is 0 Å². The summed E-state index contributed by atoms with van der Waals surface area (Å²) in [4.78, 5) is 2.39. The SMILES string of the molecule is CCCCCCN1C=CC(C)=CC1.FC(F)F.N=S. The van der Waals surface area contributed by atoms with E-state index in [0.717, 1.165) is 6.54 Å². The molecule has 1 rings (SSSR count). The molecule has 0 amide bonds. The molecule has 0 saturated carbocycles. The van der Waals surface area contributed by atoms with Crippen LogP contribution in [0, 0.1) is 4.78 Å². The van der Waals surface area contributed by atoms with Crippen LogP contribution in [0.25, 0.3) is 0 Å². The maximum atomic E-state index is 9.67. The number of nitrogens with one attached hydrogen (secondary N) is 1. The summed E-state index contributed by atoms with van der Waals surface area (Å²) in [5, 5.41) is 0. The molecule has 1 N–H and O–H groups in total. The highest BCUT2D eigenvalue weighted by atomic mass is 32.1. The molecule has 0 aromatic rings. The van der Waals surface area contributed by atoms with E-state index in [1.165, 1.54) is 37.8 Å². The number of unbranched alkanes of at least 4 members (excludes halogenated alkanes) is 3. The number of alkyl halides is 3. The Balaban J connectivity index is 0. The summed E-state index contributed by atoms with van der Waals surface area (Å²) in [6, 6.07) is 0. The van der Waals surface area contributed by atoms with Crippen molar-refractivity contribution in [3.63, 3.8) is 0 Å². The molecular weight excluding hydrogens is 273 g/mol. The molecule has 0 aliphatic carbocycles. The summed E-state index contributed by atoms with van der Waals surface area (Å²) in [6.07, 6.45) is 12.1. The Morgan fingerprint density at radius 3 is 2.26 bits per heavy atom. The monoisotopic (exact) mass is 296 g/mol.